The molecular formula is C21H20FN3O2S. The maximum atomic E-state index is 13.0. The van der Waals surface area contributed by atoms with Crippen molar-refractivity contribution in [3.05, 3.63) is 65.9 Å². The van der Waals surface area contributed by atoms with Gasteiger partial charge in [0.15, 0.2) is 5.76 Å². The number of rotatable bonds is 6. The van der Waals surface area contributed by atoms with Crippen molar-refractivity contribution in [2.24, 2.45) is 0 Å². The molecule has 2 aromatic carbocycles. The monoisotopic (exact) mass is 397 g/mol. The molecule has 0 aliphatic carbocycles. The summed E-state index contributed by atoms with van der Waals surface area (Å²) >= 11 is 1.34. The molecule has 2 heterocycles. The highest BCUT2D eigenvalue weighted by Crippen LogP contribution is 2.26. The van der Waals surface area contributed by atoms with Crippen LogP contribution in [0, 0.1) is 19.7 Å². The molecule has 2 aromatic heterocycles. The summed E-state index contributed by atoms with van der Waals surface area (Å²) in [6.07, 6.45) is 2.79. The topological polar surface area (TPSA) is 64.1 Å². The van der Waals surface area contributed by atoms with Crippen LogP contribution in [0.3, 0.4) is 0 Å². The molecule has 144 valence electrons. The second-order valence-electron chi connectivity index (χ2n) is 6.78. The third-order valence-electron chi connectivity index (χ3n) is 4.66. The Morgan fingerprint density at radius 3 is 2.68 bits per heavy atom. The van der Waals surface area contributed by atoms with Crippen LogP contribution in [0.25, 0.3) is 22.4 Å². The van der Waals surface area contributed by atoms with Gasteiger partial charge in [-0.1, -0.05) is 11.8 Å². The van der Waals surface area contributed by atoms with Crippen LogP contribution >= 0.6 is 11.8 Å². The Morgan fingerprint density at radius 1 is 1.14 bits per heavy atom. The van der Waals surface area contributed by atoms with Gasteiger partial charge in [0.25, 0.3) is 5.22 Å². The molecule has 1 N–H and O–H groups in total. The predicted molar refractivity (Wildman–Crippen MR) is 108 cm³/mol. The number of aryl methyl sites for hydroxylation is 2. The van der Waals surface area contributed by atoms with Crippen molar-refractivity contribution in [2.45, 2.75) is 31.7 Å². The van der Waals surface area contributed by atoms with Gasteiger partial charge in [-0.25, -0.2) is 14.4 Å². The molecule has 4 rings (SSSR count). The maximum Gasteiger partial charge on any atom is 0.256 e. The lowest BCUT2D eigenvalue weighted by Crippen LogP contribution is -2.18. The number of hydrogen-bond acceptors (Lipinski definition) is 5. The zero-order valence-corrected chi connectivity index (χ0v) is 16.4. The average Bonchev–Trinajstić information content (AvgIpc) is 3.29. The minimum Gasteiger partial charge on any atom is -0.431 e. The Labute approximate surface area is 166 Å². The fourth-order valence-corrected chi connectivity index (χ4v) is 3.69. The van der Waals surface area contributed by atoms with Crippen LogP contribution in [-0.4, -0.2) is 31.5 Å². The SMILES string of the molecule is Cc1cc2ncn(CC(O)CSc3ncc(-c4ccc(F)cc4)o3)c2cc1C. The van der Waals surface area contributed by atoms with Crippen LogP contribution in [0.1, 0.15) is 11.1 Å². The number of imidazole rings is 1. The Balaban J connectivity index is 1.39. The van der Waals surface area contributed by atoms with Crippen molar-refractivity contribution < 1.29 is 13.9 Å². The quantitative estimate of drug-likeness (QED) is 0.482. The van der Waals surface area contributed by atoms with E-state index in [4.69, 9.17) is 4.42 Å². The highest BCUT2D eigenvalue weighted by molar-refractivity contribution is 7.99. The lowest BCUT2D eigenvalue weighted by molar-refractivity contribution is 0.179. The van der Waals surface area contributed by atoms with Crippen molar-refractivity contribution in [1.82, 2.24) is 14.5 Å². The van der Waals surface area contributed by atoms with E-state index < -0.39 is 6.10 Å². The molecule has 4 aromatic rings. The number of aliphatic hydroxyl groups excluding tert-OH is 1. The summed E-state index contributed by atoms with van der Waals surface area (Å²) in [5.41, 5.74) is 5.11. The molecule has 0 saturated heterocycles. The van der Waals surface area contributed by atoms with E-state index >= 15 is 0 Å². The Morgan fingerprint density at radius 2 is 1.89 bits per heavy atom. The number of hydrogen-bond donors (Lipinski definition) is 1. The van der Waals surface area contributed by atoms with E-state index in [1.54, 1.807) is 24.7 Å². The summed E-state index contributed by atoms with van der Waals surface area (Å²) in [5.74, 6) is 0.718. The minimum absolute atomic E-state index is 0.293. The standard InChI is InChI=1S/C21H20FN3O2S/c1-13-7-18-19(8-14(13)2)25(12-24-18)10-17(26)11-28-21-23-9-20(27-21)15-3-5-16(22)6-4-15/h3-9,12,17,26H,10-11H2,1-2H3. The highest BCUT2D eigenvalue weighted by atomic mass is 32.2. The molecule has 28 heavy (non-hydrogen) atoms. The first-order valence-electron chi connectivity index (χ1n) is 8.94. The third-order valence-corrected chi connectivity index (χ3v) is 5.64. The van der Waals surface area contributed by atoms with E-state index in [0.717, 1.165) is 16.6 Å². The van der Waals surface area contributed by atoms with E-state index in [1.165, 1.54) is 35.0 Å². The Bertz CT molecular complexity index is 1100. The zero-order chi connectivity index (χ0) is 19.7. The number of benzene rings is 2. The molecule has 5 nitrogen and oxygen atoms in total. The van der Waals surface area contributed by atoms with E-state index in [2.05, 4.69) is 35.9 Å². The number of aliphatic hydroxyl groups is 1. The first-order valence-corrected chi connectivity index (χ1v) is 9.93. The Kier molecular flexibility index (Phi) is 5.19. The van der Waals surface area contributed by atoms with Crippen LogP contribution in [0.5, 0.6) is 0 Å². The molecule has 0 aliphatic rings. The molecule has 1 unspecified atom stereocenters. The van der Waals surface area contributed by atoms with Gasteiger partial charge in [-0.05, 0) is 61.4 Å². The van der Waals surface area contributed by atoms with Crippen LogP contribution in [-0.2, 0) is 6.54 Å². The van der Waals surface area contributed by atoms with Gasteiger partial charge in [0.2, 0.25) is 0 Å². The minimum atomic E-state index is -0.579. The third kappa shape index (κ3) is 3.95. The summed E-state index contributed by atoms with van der Waals surface area (Å²) in [4.78, 5) is 8.65. The number of fused-ring (bicyclic) bond motifs is 1. The second-order valence-corrected chi connectivity index (χ2v) is 7.76. The van der Waals surface area contributed by atoms with Crippen LogP contribution < -0.4 is 0 Å². The number of halogens is 1. The number of oxazole rings is 1. The summed E-state index contributed by atoms with van der Waals surface area (Å²) < 4.78 is 20.7. The number of aromatic nitrogens is 3. The number of thioether (sulfide) groups is 1. The number of nitrogens with zero attached hydrogens (tertiary/aromatic N) is 3. The van der Waals surface area contributed by atoms with Gasteiger partial charge in [0.1, 0.15) is 5.82 Å². The van der Waals surface area contributed by atoms with E-state index in [0.29, 0.717) is 23.3 Å². The largest absolute Gasteiger partial charge is 0.431 e. The van der Waals surface area contributed by atoms with Crippen molar-refractivity contribution in [3.63, 3.8) is 0 Å². The van der Waals surface area contributed by atoms with Gasteiger partial charge >= 0.3 is 0 Å². The molecule has 0 saturated carbocycles. The van der Waals surface area contributed by atoms with Gasteiger partial charge in [-0.2, -0.15) is 0 Å². The molecule has 0 bridgehead atoms. The van der Waals surface area contributed by atoms with Gasteiger partial charge < -0.3 is 14.1 Å². The molecule has 0 fully saturated rings. The lowest BCUT2D eigenvalue weighted by Gasteiger charge is -2.11. The van der Waals surface area contributed by atoms with Crippen molar-refractivity contribution in [2.75, 3.05) is 5.75 Å². The maximum absolute atomic E-state index is 13.0. The zero-order valence-electron chi connectivity index (χ0n) is 15.6. The molecule has 0 amide bonds. The fraction of sp³-hybridized carbons (Fsp3) is 0.238. The van der Waals surface area contributed by atoms with E-state index in [-0.39, 0.29) is 5.82 Å². The molecule has 0 radical (unpaired) electrons. The average molecular weight is 397 g/mol. The first kappa shape index (κ1) is 18.7. The molecule has 0 spiro atoms. The molecular weight excluding hydrogens is 377 g/mol. The van der Waals surface area contributed by atoms with Gasteiger partial charge in [0, 0.05) is 11.3 Å². The summed E-state index contributed by atoms with van der Waals surface area (Å²) in [5, 5.41) is 10.9. The van der Waals surface area contributed by atoms with Gasteiger partial charge in [-0.15, -0.1) is 0 Å². The molecule has 0 aliphatic heterocycles. The lowest BCUT2D eigenvalue weighted by atomic mass is 10.1. The first-order chi connectivity index (χ1) is 13.5. The van der Waals surface area contributed by atoms with Crippen molar-refractivity contribution in [3.8, 4) is 11.3 Å². The highest BCUT2D eigenvalue weighted by Gasteiger charge is 2.13. The van der Waals surface area contributed by atoms with Gasteiger partial charge in [-0.3, -0.25) is 0 Å². The predicted octanol–water partition coefficient (Wildman–Crippen LogP) is 4.60. The van der Waals surface area contributed by atoms with Crippen LogP contribution in [0.2, 0.25) is 0 Å². The summed E-state index contributed by atoms with van der Waals surface area (Å²) in [6, 6.07) is 10.2. The van der Waals surface area contributed by atoms with Crippen LogP contribution in [0.15, 0.2) is 58.6 Å². The van der Waals surface area contributed by atoms with E-state index in [9.17, 15) is 9.50 Å². The summed E-state index contributed by atoms with van der Waals surface area (Å²) in [6.45, 7) is 4.58. The van der Waals surface area contributed by atoms with E-state index in [1.807, 2.05) is 4.57 Å². The summed E-state index contributed by atoms with van der Waals surface area (Å²) in [7, 11) is 0. The van der Waals surface area contributed by atoms with Crippen molar-refractivity contribution in [1.29, 1.82) is 0 Å². The molecule has 1 atom stereocenters. The van der Waals surface area contributed by atoms with Crippen LogP contribution in [0.4, 0.5) is 4.39 Å². The second kappa shape index (κ2) is 7.77. The van der Waals surface area contributed by atoms with Crippen molar-refractivity contribution >= 4 is 22.8 Å². The fourth-order valence-electron chi connectivity index (χ4n) is 2.98. The Hall–Kier alpha value is -2.64. The van der Waals surface area contributed by atoms with Gasteiger partial charge in [0.05, 0.1) is 36.2 Å². The normalized spacial score (nSPS) is 12.6. The molecule has 7 heteroatoms. The smallest absolute Gasteiger partial charge is 0.256 e.